The maximum Gasteiger partial charge on any atom is 0.132 e. The second-order valence-electron chi connectivity index (χ2n) is 3.78. The fourth-order valence-electron chi connectivity index (χ4n) is 1.98. The van der Waals surface area contributed by atoms with Crippen LogP contribution in [0, 0.1) is 11.3 Å². The summed E-state index contributed by atoms with van der Waals surface area (Å²) >= 11 is 11.8. The van der Waals surface area contributed by atoms with E-state index in [9.17, 15) is 8.78 Å². The van der Waals surface area contributed by atoms with E-state index in [1.165, 1.54) is 0 Å². The summed E-state index contributed by atoms with van der Waals surface area (Å²) in [5, 5.41) is 0. The molecule has 0 N–H and O–H groups in total. The average Bonchev–Trinajstić information content (AvgIpc) is 2.33. The molecule has 12 heavy (non-hydrogen) atoms. The van der Waals surface area contributed by atoms with Crippen LogP contribution in [0.5, 0.6) is 0 Å². The highest BCUT2D eigenvalue weighted by molar-refractivity contribution is 6.51. The third kappa shape index (κ3) is 0.828. The molecule has 0 saturated heterocycles. The van der Waals surface area contributed by atoms with Crippen molar-refractivity contribution in [3.63, 3.8) is 0 Å². The molecule has 1 fully saturated rings. The van der Waals surface area contributed by atoms with Gasteiger partial charge in [0.2, 0.25) is 0 Å². The zero-order valence-electron chi connectivity index (χ0n) is 6.50. The first kappa shape index (κ1) is 8.76. The van der Waals surface area contributed by atoms with E-state index in [2.05, 4.69) is 0 Å². The average molecular weight is 213 g/mol. The normalized spacial score (nSPS) is 44.2. The van der Waals surface area contributed by atoms with Crippen LogP contribution >= 0.6 is 23.2 Å². The molecule has 2 aliphatic rings. The molecular weight excluding hydrogens is 205 g/mol. The van der Waals surface area contributed by atoms with Crippen molar-refractivity contribution in [3.8, 4) is 0 Å². The maximum absolute atomic E-state index is 12.8. The molecule has 0 aliphatic heterocycles. The number of allylic oxidation sites excluding steroid dienone is 2. The summed E-state index contributed by atoms with van der Waals surface area (Å²) in [5.74, 6) is -1.48. The molecule has 1 saturated carbocycles. The molecule has 0 bridgehead atoms. The van der Waals surface area contributed by atoms with E-state index in [4.69, 9.17) is 23.2 Å². The number of alkyl halides is 2. The smallest absolute Gasteiger partial charge is 0.132 e. The number of rotatable bonds is 0. The Morgan fingerprint density at radius 1 is 1.33 bits per heavy atom. The number of hydrogen-bond donors (Lipinski definition) is 0. The Labute approximate surface area is 79.5 Å². The van der Waals surface area contributed by atoms with Crippen LogP contribution in [0.15, 0.2) is 11.7 Å². The van der Waals surface area contributed by atoms with Crippen molar-refractivity contribution in [1.29, 1.82) is 0 Å². The molecular formula is C8H8Cl2F2. The Morgan fingerprint density at radius 2 is 1.92 bits per heavy atom. The van der Waals surface area contributed by atoms with Crippen LogP contribution in [0.25, 0.3) is 0 Å². The summed E-state index contributed by atoms with van der Waals surface area (Å²) in [4.78, 5) is 0. The van der Waals surface area contributed by atoms with Gasteiger partial charge in [-0.1, -0.05) is 6.92 Å². The van der Waals surface area contributed by atoms with Gasteiger partial charge in [0.25, 0.3) is 0 Å². The van der Waals surface area contributed by atoms with Gasteiger partial charge in [0, 0.05) is 24.2 Å². The van der Waals surface area contributed by atoms with Crippen LogP contribution in [-0.2, 0) is 0 Å². The van der Waals surface area contributed by atoms with Crippen molar-refractivity contribution < 1.29 is 8.78 Å². The van der Waals surface area contributed by atoms with Gasteiger partial charge in [0.1, 0.15) is 16.0 Å². The predicted molar refractivity (Wildman–Crippen MR) is 44.5 cm³/mol. The van der Waals surface area contributed by atoms with E-state index in [0.717, 1.165) is 0 Å². The van der Waals surface area contributed by atoms with Crippen LogP contribution in [0.2, 0.25) is 0 Å². The molecule has 2 atom stereocenters. The minimum Gasteiger partial charge on any atom is -0.209 e. The largest absolute Gasteiger partial charge is 0.209 e. The van der Waals surface area contributed by atoms with Crippen LogP contribution in [-0.4, -0.2) is 4.33 Å². The second kappa shape index (κ2) is 2.16. The minimum atomic E-state index is -0.932. The highest BCUT2D eigenvalue weighted by Gasteiger charge is 2.74. The van der Waals surface area contributed by atoms with Gasteiger partial charge >= 0.3 is 0 Å². The second-order valence-corrected chi connectivity index (χ2v) is 5.17. The molecule has 0 aromatic carbocycles. The predicted octanol–water partition coefficient (Wildman–Crippen LogP) is 3.74. The summed E-state index contributed by atoms with van der Waals surface area (Å²) in [6.45, 7) is 1.80. The number of hydrogen-bond acceptors (Lipinski definition) is 0. The molecule has 0 aromatic rings. The molecule has 2 unspecified atom stereocenters. The van der Waals surface area contributed by atoms with E-state index in [-0.39, 0.29) is 18.8 Å². The number of fused-ring (bicyclic) bond motifs is 1. The molecule has 0 amide bonds. The van der Waals surface area contributed by atoms with E-state index >= 15 is 0 Å². The lowest BCUT2D eigenvalue weighted by Crippen LogP contribution is -2.07. The molecule has 0 nitrogen and oxygen atoms in total. The van der Waals surface area contributed by atoms with Gasteiger partial charge in [-0.25, -0.2) is 8.78 Å². The third-order valence-electron chi connectivity index (χ3n) is 3.08. The molecule has 2 aliphatic carbocycles. The summed E-state index contributed by atoms with van der Waals surface area (Å²) in [5.41, 5.74) is -0.449. The monoisotopic (exact) mass is 212 g/mol. The summed E-state index contributed by atoms with van der Waals surface area (Å²) in [6, 6.07) is 0. The zero-order chi connectivity index (χ0) is 9.15. The lowest BCUT2D eigenvalue weighted by Gasteiger charge is -2.14. The zero-order valence-corrected chi connectivity index (χ0v) is 8.02. The van der Waals surface area contributed by atoms with Crippen molar-refractivity contribution in [1.82, 2.24) is 0 Å². The van der Waals surface area contributed by atoms with Crippen LogP contribution in [0.1, 0.15) is 19.8 Å². The lowest BCUT2D eigenvalue weighted by molar-refractivity contribution is 0.358. The molecule has 68 valence electrons. The SMILES string of the molecule is CC12CC(F)=C(F)CC1C2(Cl)Cl. The van der Waals surface area contributed by atoms with Gasteiger partial charge in [0.05, 0.1) is 0 Å². The van der Waals surface area contributed by atoms with E-state index in [1.54, 1.807) is 6.92 Å². The minimum absolute atomic E-state index is 0.0382. The Kier molecular flexibility index (Phi) is 1.57. The highest BCUT2D eigenvalue weighted by Crippen LogP contribution is 2.75. The maximum atomic E-state index is 12.8. The fourth-order valence-corrected chi connectivity index (χ4v) is 2.90. The quantitative estimate of drug-likeness (QED) is 0.537. The first-order valence-electron chi connectivity index (χ1n) is 3.80. The number of halogens is 4. The van der Waals surface area contributed by atoms with Gasteiger partial charge < -0.3 is 0 Å². The van der Waals surface area contributed by atoms with Gasteiger partial charge in [0.15, 0.2) is 0 Å². The van der Waals surface area contributed by atoms with Gasteiger partial charge in [-0.2, -0.15) is 0 Å². The highest BCUT2D eigenvalue weighted by atomic mass is 35.5. The summed E-state index contributed by atoms with van der Waals surface area (Å²) in [6.07, 6.45) is 0.0891. The van der Waals surface area contributed by atoms with Crippen molar-refractivity contribution in [2.24, 2.45) is 11.3 Å². The third-order valence-corrected chi connectivity index (χ3v) is 4.48. The van der Waals surface area contributed by atoms with Gasteiger partial charge in [-0.15, -0.1) is 23.2 Å². The van der Waals surface area contributed by atoms with E-state index in [1.807, 2.05) is 0 Å². The molecule has 4 heteroatoms. The Morgan fingerprint density at radius 3 is 2.42 bits per heavy atom. The van der Waals surface area contributed by atoms with Crippen molar-refractivity contribution >= 4 is 23.2 Å². The van der Waals surface area contributed by atoms with Crippen molar-refractivity contribution in [2.45, 2.75) is 24.1 Å². The molecule has 0 spiro atoms. The first-order valence-corrected chi connectivity index (χ1v) is 4.56. The molecule has 0 radical (unpaired) electrons. The summed E-state index contributed by atoms with van der Waals surface area (Å²) < 4.78 is 24.7. The standard InChI is InChI=1S/C8H8Cl2F2/c1-7-3-5(12)4(11)2-6(7)8(7,9)10/h6H,2-3H2,1H3. The molecule has 0 aromatic heterocycles. The van der Waals surface area contributed by atoms with Gasteiger partial charge in [-0.3, -0.25) is 0 Å². The van der Waals surface area contributed by atoms with Crippen molar-refractivity contribution in [3.05, 3.63) is 11.7 Å². The summed E-state index contributed by atoms with van der Waals surface area (Å²) in [7, 11) is 0. The van der Waals surface area contributed by atoms with Crippen LogP contribution in [0.3, 0.4) is 0 Å². The Bertz CT molecular complexity index is 272. The fraction of sp³-hybridized carbons (Fsp3) is 0.750. The van der Waals surface area contributed by atoms with E-state index in [0.29, 0.717) is 0 Å². The first-order chi connectivity index (χ1) is 5.39. The lowest BCUT2D eigenvalue weighted by atomic mass is 9.94. The van der Waals surface area contributed by atoms with Crippen LogP contribution in [0.4, 0.5) is 8.78 Å². The van der Waals surface area contributed by atoms with E-state index < -0.39 is 21.4 Å². The molecule has 2 rings (SSSR count). The van der Waals surface area contributed by atoms with Gasteiger partial charge in [-0.05, 0) is 0 Å². The topological polar surface area (TPSA) is 0 Å². The molecule has 0 heterocycles. The van der Waals surface area contributed by atoms with Crippen molar-refractivity contribution in [2.75, 3.05) is 0 Å². The van der Waals surface area contributed by atoms with Crippen LogP contribution < -0.4 is 0 Å². The Hall–Kier alpha value is 0.180. The Balaban J connectivity index is 2.29.